The van der Waals surface area contributed by atoms with Crippen LogP contribution in [0.3, 0.4) is 0 Å². The summed E-state index contributed by atoms with van der Waals surface area (Å²) in [5.41, 5.74) is 7.69. The molecule has 0 aliphatic heterocycles. The fraction of sp³-hybridized carbons (Fsp3) is 0.100. The molecule has 0 aliphatic rings. The van der Waals surface area contributed by atoms with E-state index in [1.165, 1.54) is 12.3 Å². The molecule has 0 aromatic heterocycles. The zero-order valence-electron chi connectivity index (χ0n) is 10.3. The lowest BCUT2D eigenvalue weighted by Gasteiger charge is -1.97. The van der Waals surface area contributed by atoms with Crippen molar-refractivity contribution >= 4 is 39.8 Å². The van der Waals surface area contributed by atoms with Crippen LogP contribution >= 0.6 is 15.9 Å². The van der Waals surface area contributed by atoms with Gasteiger partial charge >= 0.3 is 0 Å². The standard InChI is InChI=1S/C8H8BrN5O2.C2H4O2/c9-6-2-1-5(3-7(6)14(15)16)4-12-13-8(10)11;1-2(3)4/h1-4H,(H4,10,11,13);1H3,(H,3,4). The van der Waals surface area contributed by atoms with Crippen molar-refractivity contribution in [2.24, 2.45) is 10.8 Å². The molecule has 1 rings (SSSR count). The molecule has 10 heteroatoms. The summed E-state index contributed by atoms with van der Waals surface area (Å²) in [7, 11) is 0. The SMILES string of the molecule is CC(=O)O.N=C(N)NN=Cc1ccc(Br)c([N+](=O)[O-])c1. The summed E-state index contributed by atoms with van der Waals surface area (Å²) in [6.45, 7) is 1.08. The van der Waals surface area contributed by atoms with Crippen molar-refractivity contribution < 1.29 is 14.8 Å². The van der Waals surface area contributed by atoms with E-state index in [0.29, 0.717) is 10.0 Å². The number of guanidine groups is 1. The maximum atomic E-state index is 10.6. The zero-order valence-corrected chi connectivity index (χ0v) is 11.9. The molecule has 1 aromatic carbocycles. The molecule has 0 saturated carbocycles. The third-order valence-electron chi connectivity index (χ3n) is 1.57. The number of hydrogen-bond donors (Lipinski definition) is 4. The van der Waals surface area contributed by atoms with Crippen molar-refractivity contribution in [2.75, 3.05) is 0 Å². The lowest BCUT2D eigenvalue weighted by Crippen LogP contribution is -2.25. The average molecular weight is 346 g/mol. The number of hydrazone groups is 1. The molecule has 0 fully saturated rings. The Hall–Kier alpha value is -2.49. The highest BCUT2D eigenvalue weighted by Crippen LogP contribution is 2.24. The molecule has 108 valence electrons. The summed E-state index contributed by atoms with van der Waals surface area (Å²) in [5.74, 6) is -1.14. The number of carboxylic acids is 1. The van der Waals surface area contributed by atoms with Crippen LogP contribution in [0.25, 0.3) is 0 Å². The van der Waals surface area contributed by atoms with Gasteiger partial charge in [-0.05, 0) is 22.0 Å². The van der Waals surface area contributed by atoms with Gasteiger partial charge in [0.25, 0.3) is 11.7 Å². The number of carbonyl (C=O) groups is 1. The molecule has 0 amide bonds. The van der Waals surface area contributed by atoms with Crippen LogP contribution in [0, 0.1) is 15.5 Å². The van der Waals surface area contributed by atoms with E-state index in [4.69, 9.17) is 21.0 Å². The minimum Gasteiger partial charge on any atom is -0.481 e. The van der Waals surface area contributed by atoms with E-state index in [2.05, 4.69) is 26.5 Å². The number of aliphatic carboxylic acids is 1. The number of halogens is 1. The fourth-order valence-electron chi connectivity index (χ4n) is 0.926. The Kier molecular flexibility index (Phi) is 7.52. The van der Waals surface area contributed by atoms with Gasteiger partial charge in [0.2, 0.25) is 5.96 Å². The number of nitrogens with two attached hydrogens (primary N) is 1. The topological polar surface area (TPSA) is 155 Å². The second-order valence-electron chi connectivity index (χ2n) is 3.27. The van der Waals surface area contributed by atoms with E-state index in [1.807, 2.05) is 0 Å². The molecular formula is C10H12BrN5O4. The largest absolute Gasteiger partial charge is 0.481 e. The highest BCUT2D eigenvalue weighted by atomic mass is 79.9. The van der Waals surface area contributed by atoms with Gasteiger partial charge in [0.05, 0.1) is 15.6 Å². The number of nitrogens with zero attached hydrogens (tertiary/aromatic N) is 2. The van der Waals surface area contributed by atoms with Gasteiger partial charge in [-0.1, -0.05) is 6.07 Å². The third-order valence-corrected chi connectivity index (χ3v) is 2.24. The first-order chi connectivity index (χ1) is 9.23. The van der Waals surface area contributed by atoms with E-state index >= 15 is 0 Å². The summed E-state index contributed by atoms with van der Waals surface area (Å²) in [6.07, 6.45) is 1.33. The number of nitrogens with one attached hydrogen (secondary N) is 2. The van der Waals surface area contributed by atoms with Crippen LogP contribution in [0.1, 0.15) is 12.5 Å². The Labute approximate surface area is 122 Å². The number of carboxylic acid groups (broad SMARTS) is 1. The molecule has 20 heavy (non-hydrogen) atoms. The molecule has 0 atom stereocenters. The molecule has 5 N–H and O–H groups in total. The Morgan fingerprint density at radius 1 is 1.65 bits per heavy atom. The molecule has 0 spiro atoms. The summed E-state index contributed by atoms with van der Waals surface area (Å²) < 4.78 is 0.397. The molecule has 0 saturated heterocycles. The van der Waals surface area contributed by atoms with Crippen molar-refractivity contribution in [2.45, 2.75) is 6.92 Å². The number of nitro groups is 1. The fourth-order valence-corrected chi connectivity index (χ4v) is 1.32. The van der Waals surface area contributed by atoms with Crippen molar-refractivity contribution in [1.82, 2.24) is 5.43 Å². The van der Waals surface area contributed by atoms with E-state index in [9.17, 15) is 10.1 Å². The molecule has 1 aromatic rings. The Morgan fingerprint density at radius 2 is 2.20 bits per heavy atom. The third kappa shape index (κ3) is 7.76. The van der Waals surface area contributed by atoms with E-state index in [1.54, 1.807) is 12.1 Å². The van der Waals surface area contributed by atoms with Gasteiger partial charge in [0.1, 0.15) is 0 Å². The lowest BCUT2D eigenvalue weighted by atomic mass is 10.2. The summed E-state index contributed by atoms with van der Waals surface area (Å²) in [5, 5.41) is 28.5. The second-order valence-corrected chi connectivity index (χ2v) is 4.12. The Balaban J connectivity index is 0.000000796. The van der Waals surface area contributed by atoms with E-state index in [-0.39, 0.29) is 11.6 Å². The average Bonchev–Trinajstić information content (AvgIpc) is 2.29. The predicted octanol–water partition coefficient (Wildman–Crippen LogP) is 1.27. The highest BCUT2D eigenvalue weighted by molar-refractivity contribution is 9.10. The molecule has 0 heterocycles. The predicted molar refractivity (Wildman–Crippen MR) is 76.8 cm³/mol. The molecule has 0 aliphatic carbocycles. The van der Waals surface area contributed by atoms with Crippen LogP contribution in [0.15, 0.2) is 27.8 Å². The van der Waals surface area contributed by atoms with Gasteiger partial charge in [-0.3, -0.25) is 20.3 Å². The van der Waals surface area contributed by atoms with Gasteiger partial charge in [0.15, 0.2) is 0 Å². The van der Waals surface area contributed by atoms with Crippen molar-refractivity contribution in [1.29, 1.82) is 5.41 Å². The quantitative estimate of drug-likeness (QED) is 0.279. The maximum absolute atomic E-state index is 10.6. The van der Waals surface area contributed by atoms with Crippen LogP contribution in [-0.4, -0.2) is 28.2 Å². The molecule has 0 unspecified atom stereocenters. The van der Waals surface area contributed by atoms with Crippen LogP contribution in [0.4, 0.5) is 5.69 Å². The smallest absolute Gasteiger partial charge is 0.300 e. The zero-order chi connectivity index (χ0) is 15.7. The van der Waals surface area contributed by atoms with Crippen LogP contribution in [0.5, 0.6) is 0 Å². The monoisotopic (exact) mass is 345 g/mol. The maximum Gasteiger partial charge on any atom is 0.300 e. The first kappa shape index (κ1) is 17.5. The van der Waals surface area contributed by atoms with Gasteiger partial charge < -0.3 is 10.8 Å². The van der Waals surface area contributed by atoms with Crippen LogP contribution in [0.2, 0.25) is 0 Å². The minimum atomic E-state index is -0.833. The van der Waals surface area contributed by atoms with Gasteiger partial charge in [-0.15, -0.1) is 0 Å². The summed E-state index contributed by atoms with van der Waals surface area (Å²) in [4.78, 5) is 19.1. The molecular weight excluding hydrogens is 334 g/mol. The summed E-state index contributed by atoms with van der Waals surface area (Å²) >= 11 is 3.07. The van der Waals surface area contributed by atoms with E-state index < -0.39 is 10.9 Å². The Bertz CT molecular complexity index is 542. The normalized spacial score (nSPS) is 9.50. The number of benzene rings is 1. The second kappa shape index (κ2) is 8.58. The molecule has 0 bridgehead atoms. The lowest BCUT2D eigenvalue weighted by molar-refractivity contribution is -0.385. The Morgan fingerprint density at radius 3 is 2.65 bits per heavy atom. The van der Waals surface area contributed by atoms with Gasteiger partial charge in [-0.25, -0.2) is 5.43 Å². The summed E-state index contributed by atoms with van der Waals surface area (Å²) in [6, 6.07) is 4.55. The van der Waals surface area contributed by atoms with Gasteiger partial charge in [0, 0.05) is 18.6 Å². The van der Waals surface area contributed by atoms with Crippen LogP contribution in [-0.2, 0) is 4.79 Å². The van der Waals surface area contributed by atoms with Crippen LogP contribution < -0.4 is 11.2 Å². The van der Waals surface area contributed by atoms with Crippen molar-refractivity contribution in [3.8, 4) is 0 Å². The van der Waals surface area contributed by atoms with Gasteiger partial charge in [-0.2, -0.15) is 5.10 Å². The number of rotatable bonds is 3. The van der Waals surface area contributed by atoms with Crippen molar-refractivity contribution in [3.05, 3.63) is 38.3 Å². The minimum absolute atomic E-state index is 0.0493. The highest BCUT2D eigenvalue weighted by Gasteiger charge is 2.11. The first-order valence-electron chi connectivity index (χ1n) is 5.00. The van der Waals surface area contributed by atoms with E-state index in [0.717, 1.165) is 6.92 Å². The molecule has 0 radical (unpaired) electrons. The van der Waals surface area contributed by atoms with Crippen molar-refractivity contribution in [3.63, 3.8) is 0 Å². The number of nitro benzene ring substituents is 1. The molecule has 9 nitrogen and oxygen atoms in total. The first-order valence-corrected chi connectivity index (χ1v) is 5.80. The number of hydrogen-bond acceptors (Lipinski definition) is 5.